The Bertz CT molecular complexity index is 814. The summed E-state index contributed by atoms with van der Waals surface area (Å²) in [6, 6.07) is 18.1. The first kappa shape index (κ1) is 17.9. The van der Waals surface area contributed by atoms with Crippen LogP contribution in [0.4, 0.5) is 0 Å². The predicted octanol–water partition coefficient (Wildman–Crippen LogP) is 2.50. The summed E-state index contributed by atoms with van der Waals surface area (Å²) < 4.78 is 5.17. The van der Waals surface area contributed by atoms with Crippen molar-refractivity contribution in [2.75, 3.05) is 0 Å². The van der Waals surface area contributed by atoms with E-state index in [1.807, 2.05) is 60.7 Å². The lowest BCUT2D eigenvalue weighted by atomic mass is 9.98. The summed E-state index contributed by atoms with van der Waals surface area (Å²) in [6.07, 6.45) is 0.433. The lowest BCUT2D eigenvalue weighted by Gasteiger charge is -2.12. The Morgan fingerprint density at radius 2 is 1.58 bits per heavy atom. The minimum Gasteiger partial charge on any atom is -0.510 e. The highest BCUT2D eigenvalue weighted by Crippen LogP contribution is 2.24. The molecule has 0 saturated carbocycles. The molecule has 2 atom stereocenters. The quantitative estimate of drug-likeness (QED) is 0.361. The van der Waals surface area contributed by atoms with Gasteiger partial charge in [-0.05, 0) is 30.4 Å². The summed E-state index contributed by atoms with van der Waals surface area (Å²) in [5.74, 6) is -1.69. The maximum Gasteiger partial charge on any atom is 0.346 e. The smallest absolute Gasteiger partial charge is 0.346 e. The zero-order valence-electron chi connectivity index (χ0n) is 14.3. The lowest BCUT2D eigenvalue weighted by molar-refractivity contribution is -0.141. The van der Waals surface area contributed by atoms with Crippen LogP contribution in [-0.4, -0.2) is 29.0 Å². The minimum absolute atomic E-state index is 0.313. The Hall–Kier alpha value is -2.92. The van der Waals surface area contributed by atoms with Crippen LogP contribution in [0.25, 0.3) is 0 Å². The predicted molar refractivity (Wildman–Crippen MR) is 97.4 cm³/mol. The van der Waals surface area contributed by atoms with Crippen molar-refractivity contribution in [3.05, 3.63) is 83.1 Å². The summed E-state index contributed by atoms with van der Waals surface area (Å²) in [4.78, 5) is 24.6. The number of ketones is 1. The van der Waals surface area contributed by atoms with Crippen LogP contribution in [0.1, 0.15) is 17.5 Å². The molecule has 5 nitrogen and oxygen atoms in total. The van der Waals surface area contributed by atoms with E-state index in [-0.39, 0.29) is 5.57 Å². The standard InChI is InChI=1S/C21H21NO4/c22-16(13-15-9-5-2-6-10-15)19(23)18-20(24)17(26-21(18)25)12-11-14-7-3-1-4-8-14/h1-10,16-17,23H,11-13,22H2/t16-,17+/m1/s1. The first-order valence-electron chi connectivity index (χ1n) is 8.58. The van der Waals surface area contributed by atoms with Crippen LogP contribution < -0.4 is 5.73 Å². The van der Waals surface area contributed by atoms with E-state index in [0.29, 0.717) is 19.3 Å². The molecule has 1 fully saturated rings. The molecule has 1 saturated heterocycles. The van der Waals surface area contributed by atoms with Crippen molar-refractivity contribution in [1.82, 2.24) is 0 Å². The number of Topliss-reactive ketones (excluding diaryl/α,β-unsaturated/α-hetero) is 1. The Balaban J connectivity index is 1.69. The topological polar surface area (TPSA) is 89.6 Å². The number of benzene rings is 2. The zero-order chi connectivity index (χ0) is 18.5. The van der Waals surface area contributed by atoms with Gasteiger partial charge in [-0.25, -0.2) is 4.79 Å². The summed E-state index contributed by atoms with van der Waals surface area (Å²) >= 11 is 0. The number of rotatable bonds is 6. The number of hydrogen-bond donors (Lipinski definition) is 2. The highest BCUT2D eigenvalue weighted by molar-refractivity contribution is 6.23. The molecule has 2 aromatic rings. The maximum atomic E-state index is 12.5. The third-order valence-corrected chi connectivity index (χ3v) is 4.44. The number of hydrogen-bond acceptors (Lipinski definition) is 5. The van der Waals surface area contributed by atoms with Crippen molar-refractivity contribution >= 4 is 11.8 Å². The number of aliphatic hydroxyl groups is 1. The van der Waals surface area contributed by atoms with Gasteiger partial charge in [0.15, 0.2) is 6.10 Å². The second-order valence-electron chi connectivity index (χ2n) is 6.34. The average Bonchev–Trinajstić information content (AvgIpc) is 2.94. The molecular weight excluding hydrogens is 330 g/mol. The second-order valence-corrected chi connectivity index (χ2v) is 6.34. The van der Waals surface area contributed by atoms with Crippen molar-refractivity contribution in [3.8, 4) is 0 Å². The van der Waals surface area contributed by atoms with E-state index in [4.69, 9.17) is 10.5 Å². The fraction of sp³-hybridized carbons (Fsp3) is 0.238. The largest absolute Gasteiger partial charge is 0.510 e. The molecule has 0 aromatic heterocycles. The van der Waals surface area contributed by atoms with Crippen molar-refractivity contribution in [3.63, 3.8) is 0 Å². The maximum absolute atomic E-state index is 12.5. The van der Waals surface area contributed by atoms with Gasteiger partial charge in [0.25, 0.3) is 0 Å². The molecule has 1 aliphatic heterocycles. The van der Waals surface area contributed by atoms with Crippen LogP contribution in [0.15, 0.2) is 72.0 Å². The number of esters is 1. The Labute approximate surface area is 152 Å². The van der Waals surface area contributed by atoms with E-state index in [1.165, 1.54) is 0 Å². The Kier molecular flexibility index (Phi) is 5.49. The molecule has 0 spiro atoms. The number of aliphatic hydroxyl groups excluding tert-OH is 1. The SMILES string of the molecule is N[C@H](Cc1ccccc1)C(O)=C1C(=O)O[C@@H](CCc2ccccc2)C1=O. The van der Waals surface area contributed by atoms with Crippen LogP contribution in [-0.2, 0) is 27.2 Å². The molecule has 134 valence electrons. The molecule has 1 heterocycles. The highest BCUT2D eigenvalue weighted by Gasteiger charge is 2.41. The Morgan fingerprint density at radius 3 is 2.19 bits per heavy atom. The summed E-state index contributed by atoms with van der Waals surface area (Å²) in [7, 11) is 0. The fourth-order valence-electron chi connectivity index (χ4n) is 3.02. The van der Waals surface area contributed by atoms with Gasteiger partial charge in [-0.2, -0.15) is 0 Å². The molecule has 3 N–H and O–H groups in total. The minimum atomic E-state index is -0.871. The fourth-order valence-corrected chi connectivity index (χ4v) is 3.02. The molecule has 0 unspecified atom stereocenters. The van der Waals surface area contributed by atoms with Crippen LogP contribution in [0, 0.1) is 0 Å². The first-order valence-corrected chi connectivity index (χ1v) is 8.58. The van der Waals surface area contributed by atoms with Crippen molar-refractivity contribution in [2.45, 2.75) is 31.4 Å². The first-order chi connectivity index (χ1) is 12.6. The number of nitrogens with two attached hydrogens (primary N) is 1. The number of carbonyl (C=O) groups excluding carboxylic acids is 2. The molecule has 0 radical (unpaired) electrons. The van der Waals surface area contributed by atoms with Crippen LogP contribution >= 0.6 is 0 Å². The lowest BCUT2D eigenvalue weighted by Crippen LogP contribution is -2.29. The van der Waals surface area contributed by atoms with Gasteiger partial charge in [0.05, 0.1) is 6.04 Å². The summed E-state index contributed by atoms with van der Waals surface area (Å²) in [5.41, 5.74) is 7.65. The number of cyclic esters (lactones) is 1. The monoisotopic (exact) mass is 351 g/mol. The van der Waals surface area contributed by atoms with E-state index < -0.39 is 29.7 Å². The van der Waals surface area contributed by atoms with Crippen molar-refractivity contribution in [2.24, 2.45) is 5.73 Å². The van der Waals surface area contributed by atoms with Crippen LogP contribution in [0.2, 0.25) is 0 Å². The van der Waals surface area contributed by atoms with E-state index in [0.717, 1.165) is 11.1 Å². The molecule has 1 aliphatic rings. The number of carbonyl (C=O) groups is 2. The highest BCUT2D eigenvalue weighted by atomic mass is 16.6. The molecular formula is C21H21NO4. The Morgan fingerprint density at radius 1 is 1.00 bits per heavy atom. The molecule has 0 aliphatic carbocycles. The van der Waals surface area contributed by atoms with Gasteiger partial charge in [-0.1, -0.05) is 60.7 Å². The van der Waals surface area contributed by atoms with Gasteiger partial charge in [0.2, 0.25) is 5.78 Å². The van der Waals surface area contributed by atoms with E-state index in [1.54, 1.807) is 0 Å². The second kappa shape index (κ2) is 7.97. The van der Waals surface area contributed by atoms with Gasteiger partial charge < -0.3 is 15.6 Å². The van der Waals surface area contributed by atoms with Crippen molar-refractivity contribution in [1.29, 1.82) is 0 Å². The van der Waals surface area contributed by atoms with Gasteiger partial charge in [0.1, 0.15) is 11.3 Å². The van der Waals surface area contributed by atoms with Crippen LogP contribution in [0.5, 0.6) is 0 Å². The average molecular weight is 351 g/mol. The normalized spacial score (nSPS) is 20.0. The van der Waals surface area contributed by atoms with Crippen molar-refractivity contribution < 1.29 is 19.4 Å². The molecule has 5 heteroatoms. The van der Waals surface area contributed by atoms with E-state index in [9.17, 15) is 14.7 Å². The van der Waals surface area contributed by atoms with Gasteiger partial charge in [-0.3, -0.25) is 4.79 Å². The molecule has 3 rings (SSSR count). The summed E-state index contributed by atoms with van der Waals surface area (Å²) in [6.45, 7) is 0. The molecule has 0 amide bonds. The third-order valence-electron chi connectivity index (χ3n) is 4.44. The summed E-state index contributed by atoms with van der Waals surface area (Å²) in [5, 5.41) is 10.4. The number of aryl methyl sites for hydroxylation is 1. The zero-order valence-corrected chi connectivity index (χ0v) is 14.3. The van der Waals surface area contributed by atoms with Gasteiger partial charge >= 0.3 is 5.97 Å². The third kappa shape index (κ3) is 4.00. The molecule has 2 aromatic carbocycles. The molecule has 26 heavy (non-hydrogen) atoms. The van der Waals surface area contributed by atoms with E-state index >= 15 is 0 Å². The molecule has 0 bridgehead atoms. The van der Waals surface area contributed by atoms with Gasteiger partial charge in [0, 0.05) is 0 Å². The number of ether oxygens (including phenoxy) is 1. The van der Waals surface area contributed by atoms with Gasteiger partial charge in [-0.15, -0.1) is 0 Å². The van der Waals surface area contributed by atoms with Crippen LogP contribution in [0.3, 0.4) is 0 Å². The van der Waals surface area contributed by atoms with E-state index in [2.05, 4.69) is 0 Å².